The Balaban J connectivity index is 0.991. The smallest absolute Gasteiger partial charge is 0.271 e. The monoisotopic (exact) mass is 680 g/mol. The SMILES string of the molecule is CC(=O)N1c2ccc(-c3ccc(CNC(=O)CNC(=O)c4cn5cc(-c6cnc(N)nc6)nc(N6CCOCC6)c5n4)s3)cc2CCC1C. The van der Waals surface area contributed by atoms with Crippen LogP contribution in [0, 0.1) is 0 Å². The van der Waals surface area contributed by atoms with Gasteiger partial charge in [0.2, 0.25) is 17.8 Å². The molecule has 4 aromatic heterocycles. The Morgan fingerprint density at radius 2 is 1.82 bits per heavy atom. The molecule has 6 heterocycles. The molecule has 7 rings (SSSR count). The first-order chi connectivity index (χ1) is 23.7. The molecule has 3 amide bonds. The highest BCUT2D eigenvalue weighted by Crippen LogP contribution is 2.36. The molecule has 1 unspecified atom stereocenters. The highest BCUT2D eigenvalue weighted by atomic mass is 32.1. The second kappa shape index (κ2) is 13.6. The molecule has 0 aliphatic carbocycles. The number of nitrogen functional groups attached to an aromatic ring is 1. The van der Waals surface area contributed by atoms with Crippen molar-refractivity contribution in [1.82, 2.24) is 35.0 Å². The van der Waals surface area contributed by atoms with Crippen LogP contribution in [0.5, 0.6) is 0 Å². The van der Waals surface area contributed by atoms with Crippen LogP contribution in [0.25, 0.3) is 27.3 Å². The van der Waals surface area contributed by atoms with Crippen LogP contribution in [0.1, 0.15) is 41.2 Å². The number of imidazole rings is 1. The minimum absolute atomic E-state index is 0.0556. The summed E-state index contributed by atoms with van der Waals surface area (Å²) in [4.78, 5) is 61.7. The minimum atomic E-state index is -0.479. The van der Waals surface area contributed by atoms with Crippen molar-refractivity contribution in [3.05, 3.63) is 71.3 Å². The molecule has 252 valence electrons. The van der Waals surface area contributed by atoms with Crippen LogP contribution in [-0.2, 0) is 27.3 Å². The normalized spacial score (nSPS) is 16.0. The van der Waals surface area contributed by atoms with Gasteiger partial charge in [0.05, 0.1) is 32.0 Å². The van der Waals surface area contributed by atoms with E-state index in [1.54, 1.807) is 47.4 Å². The lowest BCUT2D eigenvalue weighted by Gasteiger charge is -2.34. The van der Waals surface area contributed by atoms with Gasteiger partial charge in [0.1, 0.15) is 5.69 Å². The quantitative estimate of drug-likeness (QED) is 0.221. The van der Waals surface area contributed by atoms with E-state index < -0.39 is 5.91 Å². The maximum Gasteiger partial charge on any atom is 0.271 e. The molecule has 2 aliphatic heterocycles. The van der Waals surface area contributed by atoms with Gasteiger partial charge in [-0.05, 0) is 55.2 Å². The van der Waals surface area contributed by atoms with Crippen molar-refractivity contribution in [3.63, 3.8) is 0 Å². The zero-order valence-electron chi connectivity index (χ0n) is 27.2. The number of hydrogen-bond donors (Lipinski definition) is 3. The van der Waals surface area contributed by atoms with Gasteiger partial charge in [0.25, 0.3) is 5.91 Å². The summed E-state index contributed by atoms with van der Waals surface area (Å²) >= 11 is 1.60. The number of rotatable bonds is 8. The first kappa shape index (κ1) is 32.2. The number of thiophene rings is 1. The third-order valence-corrected chi connectivity index (χ3v) is 9.83. The zero-order chi connectivity index (χ0) is 34.1. The Bertz CT molecular complexity index is 2040. The van der Waals surface area contributed by atoms with E-state index in [1.807, 2.05) is 29.2 Å². The highest BCUT2D eigenvalue weighted by Gasteiger charge is 2.26. The maximum atomic E-state index is 13.1. The fourth-order valence-corrected chi connectivity index (χ4v) is 7.14. The molecule has 0 saturated carbocycles. The second-order valence-electron chi connectivity index (χ2n) is 12.1. The number of hydrogen-bond acceptors (Lipinski definition) is 11. The van der Waals surface area contributed by atoms with Gasteiger partial charge in [-0.3, -0.25) is 14.4 Å². The first-order valence-electron chi connectivity index (χ1n) is 16.1. The Morgan fingerprint density at radius 1 is 1.02 bits per heavy atom. The van der Waals surface area contributed by atoms with E-state index in [1.165, 1.54) is 5.56 Å². The van der Waals surface area contributed by atoms with Crippen LogP contribution in [-0.4, -0.2) is 80.9 Å². The van der Waals surface area contributed by atoms with Crippen LogP contribution in [0.3, 0.4) is 0 Å². The maximum absolute atomic E-state index is 13.1. The largest absolute Gasteiger partial charge is 0.378 e. The van der Waals surface area contributed by atoms with Crippen LogP contribution >= 0.6 is 11.3 Å². The number of nitrogens with zero attached hydrogens (tertiary/aromatic N) is 7. The van der Waals surface area contributed by atoms with Gasteiger partial charge in [-0.2, -0.15) is 0 Å². The summed E-state index contributed by atoms with van der Waals surface area (Å²) in [7, 11) is 0. The van der Waals surface area contributed by atoms with Crippen molar-refractivity contribution < 1.29 is 19.1 Å². The van der Waals surface area contributed by atoms with E-state index in [0.29, 0.717) is 55.6 Å². The number of ether oxygens (including phenoxy) is 1. The number of carbonyl (C=O) groups excluding carboxylic acids is 3. The van der Waals surface area contributed by atoms with Crippen LogP contribution in [0.2, 0.25) is 0 Å². The standard InChI is InChI=1S/C34H36N10O4S/c1-20-3-4-22-13-23(5-7-28(22)44(20)21(2)45)29-8-6-25(49-29)16-36-30(46)17-37-33(47)27-19-43-18-26(24-14-38-34(35)39-15-24)40-31(32(43)41-27)42-9-11-48-12-10-42/h5-8,13-15,18-20H,3-4,9-12,16-17H2,1-2H3,(H,36,46)(H,37,47)(H2,35,38,39). The van der Waals surface area contributed by atoms with Gasteiger partial charge >= 0.3 is 0 Å². The molecule has 0 radical (unpaired) electrons. The van der Waals surface area contributed by atoms with Crippen LogP contribution in [0.4, 0.5) is 17.5 Å². The van der Waals surface area contributed by atoms with E-state index >= 15 is 0 Å². The molecule has 0 bridgehead atoms. The van der Waals surface area contributed by atoms with Crippen molar-refractivity contribution in [3.8, 4) is 21.7 Å². The van der Waals surface area contributed by atoms with Gasteiger partial charge in [0.15, 0.2) is 11.5 Å². The fraction of sp³-hybridized carbons (Fsp3) is 0.324. The summed E-state index contributed by atoms with van der Waals surface area (Å²) in [5.74, 6) is 0.0223. The molecule has 14 nitrogen and oxygen atoms in total. The minimum Gasteiger partial charge on any atom is -0.378 e. The first-order valence-corrected chi connectivity index (χ1v) is 16.9. The lowest BCUT2D eigenvalue weighted by Crippen LogP contribution is -2.40. The van der Waals surface area contributed by atoms with Gasteiger partial charge in [-0.15, -0.1) is 11.3 Å². The topological polar surface area (TPSA) is 173 Å². The van der Waals surface area contributed by atoms with E-state index in [4.69, 9.17) is 15.5 Å². The summed E-state index contributed by atoms with van der Waals surface area (Å²) in [6.07, 6.45) is 8.41. The average Bonchev–Trinajstić information content (AvgIpc) is 3.77. The Hall–Kier alpha value is -5.41. The summed E-state index contributed by atoms with van der Waals surface area (Å²) in [6.45, 7) is 6.16. The number of nitrogens with one attached hydrogen (secondary N) is 2. The van der Waals surface area contributed by atoms with E-state index in [2.05, 4.69) is 43.5 Å². The number of fused-ring (bicyclic) bond motifs is 2. The zero-order valence-corrected chi connectivity index (χ0v) is 28.0. The summed E-state index contributed by atoms with van der Waals surface area (Å²) in [5.41, 5.74) is 10.8. The summed E-state index contributed by atoms with van der Waals surface area (Å²) in [5, 5.41) is 5.57. The number of nitrogens with two attached hydrogens (primary N) is 1. The van der Waals surface area contributed by atoms with Crippen molar-refractivity contribution in [1.29, 1.82) is 0 Å². The molecule has 1 saturated heterocycles. The molecule has 2 aliphatic rings. The third kappa shape index (κ3) is 6.80. The predicted octanol–water partition coefficient (Wildman–Crippen LogP) is 3.07. The van der Waals surface area contributed by atoms with Gasteiger partial charge in [-0.1, -0.05) is 6.07 Å². The lowest BCUT2D eigenvalue weighted by atomic mass is 9.94. The van der Waals surface area contributed by atoms with E-state index in [9.17, 15) is 14.4 Å². The van der Waals surface area contributed by atoms with E-state index in [0.717, 1.165) is 33.8 Å². The number of benzene rings is 1. The molecule has 1 fully saturated rings. The van der Waals surface area contributed by atoms with E-state index in [-0.39, 0.29) is 36.0 Å². The van der Waals surface area contributed by atoms with Crippen molar-refractivity contribution in [2.75, 3.05) is 48.4 Å². The predicted molar refractivity (Wildman–Crippen MR) is 186 cm³/mol. The third-order valence-electron chi connectivity index (χ3n) is 8.70. The Labute approximate surface area is 286 Å². The molecular weight excluding hydrogens is 645 g/mol. The molecule has 1 aromatic carbocycles. The Kier molecular flexibility index (Phi) is 8.93. The highest BCUT2D eigenvalue weighted by molar-refractivity contribution is 7.15. The second-order valence-corrected chi connectivity index (χ2v) is 13.3. The molecule has 5 aromatic rings. The molecule has 49 heavy (non-hydrogen) atoms. The molecular formula is C34H36N10O4S. The van der Waals surface area contributed by atoms with Gasteiger partial charge in [0, 0.05) is 71.8 Å². The number of morpholine rings is 1. The lowest BCUT2D eigenvalue weighted by molar-refractivity contribution is -0.120. The number of aromatic nitrogens is 5. The number of aryl methyl sites for hydroxylation is 1. The summed E-state index contributed by atoms with van der Waals surface area (Å²) in [6, 6.07) is 10.5. The van der Waals surface area contributed by atoms with Crippen molar-refractivity contribution in [2.45, 2.75) is 39.3 Å². The number of anilines is 3. The van der Waals surface area contributed by atoms with Gasteiger partial charge in [-0.25, -0.2) is 19.9 Å². The number of amides is 3. The molecule has 1 atom stereocenters. The van der Waals surface area contributed by atoms with Gasteiger partial charge < -0.3 is 35.3 Å². The van der Waals surface area contributed by atoms with Crippen LogP contribution in [0.15, 0.2) is 55.1 Å². The van der Waals surface area contributed by atoms with Crippen molar-refractivity contribution in [2.24, 2.45) is 0 Å². The fourth-order valence-electron chi connectivity index (χ4n) is 6.20. The molecule has 0 spiro atoms. The average molecular weight is 681 g/mol. The van der Waals surface area contributed by atoms with Crippen molar-refractivity contribution >= 4 is 52.2 Å². The Morgan fingerprint density at radius 3 is 2.59 bits per heavy atom. The van der Waals surface area contributed by atoms with Crippen LogP contribution < -0.4 is 26.2 Å². The molecule has 4 N–H and O–H groups in total. The number of carbonyl (C=O) groups is 3. The summed E-state index contributed by atoms with van der Waals surface area (Å²) < 4.78 is 7.26. The molecule has 15 heteroatoms.